The molecule has 1 nitrogen and oxygen atoms in total. The lowest BCUT2D eigenvalue weighted by atomic mass is 10.6. The second-order valence-corrected chi connectivity index (χ2v) is 1.67. The van der Waals surface area contributed by atoms with Gasteiger partial charge in [0, 0.05) is 7.11 Å². The summed E-state index contributed by atoms with van der Waals surface area (Å²) in [6.45, 7) is 0. The first-order valence-electron chi connectivity index (χ1n) is 2.06. The largest absolute Gasteiger partial charge is 0.398 e. The molecule has 0 N–H and O–H groups in total. The molecule has 0 bridgehead atoms. The zero-order chi connectivity index (χ0) is 8.36. The summed E-state index contributed by atoms with van der Waals surface area (Å²) in [5, 5.41) is -1.88. The molecule has 60 valence electrons. The molecule has 10 heavy (non-hydrogen) atoms. The molecule has 0 saturated carbocycles. The third kappa shape index (κ3) is 2.15. The maximum Gasteiger partial charge on any atom is 0.398 e. The average Bonchev–Trinajstić information content (AvgIpc) is 1.86. The van der Waals surface area contributed by atoms with Crippen LogP contribution in [0.25, 0.3) is 0 Å². The minimum Gasteiger partial charge on any atom is -0.319 e. The van der Waals surface area contributed by atoms with E-state index in [1.54, 1.807) is 0 Å². The molecule has 0 rings (SSSR count). The molecule has 0 aromatic carbocycles. The molecule has 0 aromatic heterocycles. The predicted molar refractivity (Wildman–Crippen MR) is 27.1 cm³/mol. The maximum absolute atomic E-state index is 11.9. The van der Waals surface area contributed by atoms with Gasteiger partial charge in [0.1, 0.15) is 0 Å². The summed E-state index contributed by atoms with van der Waals surface area (Å²) in [5.41, 5.74) is 0. The summed E-state index contributed by atoms with van der Waals surface area (Å²) in [5.74, 6) is 0. The van der Waals surface area contributed by atoms with Crippen molar-refractivity contribution in [2.45, 2.75) is 6.11 Å². The number of hydrogen-bond acceptors (Lipinski definition) is 1. The van der Waals surface area contributed by atoms with E-state index >= 15 is 0 Å². The highest BCUT2D eigenvalue weighted by Crippen LogP contribution is 2.31. The van der Waals surface area contributed by atoms with Crippen LogP contribution >= 0.6 is 11.6 Å². The molecule has 0 fully saturated rings. The molecule has 0 unspecified atom stereocenters. The second-order valence-electron chi connectivity index (χ2n) is 1.30. The molecule has 0 saturated heterocycles. The topological polar surface area (TPSA) is 9.23 Å². The zero-order valence-electron chi connectivity index (χ0n) is 4.80. The van der Waals surface area contributed by atoms with E-state index in [1.807, 2.05) is 0 Å². The minimum absolute atomic E-state index is 0.575. The van der Waals surface area contributed by atoms with Crippen LogP contribution in [0.4, 0.5) is 17.6 Å². The Bertz CT molecular complexity index is 151. The average molecular weight is 179 g/mol. The van der Waals surface area contributed by atoms with E-state index in [9.17, 15) is 17.6 Å². The molecular formula is C4H3ClF4O. The maximum atomic E-state index is 11.9. The first-order chi connectivity index (χ1) is 4.41. The van der Waals surface area contributed by atoms with Gasteiger partial charge in [0.15, 0.2) is 5.03 Å². The van der Waals surface area contributed by atoms with E-state index in [2.05, 4.69) is 16.3 Å². The summed E-state index contributed by atoms with van der Waals surface area (Å²) < 4.78 is 49.8. The molecule has 0 radical (unpaired) electrons. The number of hydrogen-bond donors (Lipinski definition) is 0. The molecule has 0 spiro atoms. The Kier molecular flexibility index (Phi) is 3.11. The third-order valence-electron chi connectivity index (χ3n) is 0.678. The highest BCUT2D eigenvalue weighted by Gasteiger charge is 2.36. The third-order valence-corrected chi connectivity index (χ3v) is 1.04. The first-order valence-corrected chi connectivity index (χ1v) is 2.44. The Morgan fingerprint density at radius 3 is 1.90 bits per heavy atom. The van der Waals surface area contributed by atoms with Crippen LogP contribution in [-0.2, 0) is 4.74 Å². The molecule has 6 heteroatoms. The molecule has 0 aliphatic rings. The molecule has 0 atom stereocenters. The van der Waals surface area contributed by atoms with Crippen LogP contribution < -0.4 is 0 Å². The van der Waals surface area contributed by atoms with E-state index < -0.39 is 17.2 Å². The summed E-state index contributed by atoms with van der Waals surface area (Å²) in [4.78, 5) is 0. The number of ether oxygens (including phenoxy) is 1. The van der Waals surface area contributed by atoms with Gasteiger partial charge in [-0.1, -0.05) is 11.6 Å². The van der Waals surface area contributed by atoms with E-state index in [1.165, 1.54) is 0 Å². The minimum atomic E-state index is -4.08. The van der Waals surface area contributed by atoms with Crippen molar-refractivity contribution in [3.8, 4) is 0 Å². The number of rotatable bonds is 2. The van der Waals surface area contributed by atoms with Gasteiger partial charge in [0.2, 0.25) is 0 Å². The summed E-state index contributed by atoms with van der Waals surface area (Å²) in [6, 6.07) is 0. The predicted octanol–water partition coefficient (Wildman–Crippen LogP) is 2.57. The Labute approximate surface area is 59.2 Å². The molecule has 0 aliphatic heterocycles. The fourth-order valence-corrected chi connectivity index (χ4v) is 0.277. The lowest BCUT2D eigenvalue weighted by molar-refractivity contribution is -0.186. The fourth-order valence-electron chi connectivity index (χ4n) is 0.200. The first kappa shape index (κ1) is 9.71. The summed E-state index contributed by atoms with van der Waals surface area (Å²) in [7, 11) is 0.575. The van der Waals surface area contributed by atoms with Crippen LogP contribution in [0.2, 0.25) is 0 Å². The van der Waals surface area contributed by atoms with Crippen LogP contribution in [0.1, 0.15) is 0 Å². The van der Waals surface area contributed by atoms with Crippen molar-refractivity contribution >= 4 is 11.6 Å². The highest BCUT2D eigenvalue weighted by molar-refractivity contribution is 6.30. The molecular weight excluding hydrogens is 175 g/mol. The molecule has 0 aromatic rings. The van der Waals surface area contributed by atoms with Crippen LogP contribution in [0.5, 0.6) is 0 Å². The Balaban J connectivity index is 4.49. The van der Waals surface area contributed by atoms with Crippen LogP contribution in [0, 0.1) is 0 Å². The van der Waals surface area contributed by atoms with Crippen molar-refractivity contribution in [1.29, 1.82) is 0 Å². The fraction of sp³-hybridized carbons (Fsp3) is 0.500. The van der Waals surface area contributed by atoms with Gasteiger partial charge in [0.05, 0.1) is 0 Å². The van der Waals surface area contributed by atoms with Gasteiger partial charge in [-0.2, -0.15) is 17.6 Å². The normalized spacial score (nSPS) is 11.4. The zero-order valence-corrected chi connectivity index (χ0v) is 5.55. The van der Waals surface area contributed by atoms with Crippen LogP contribution in [0.15, 0.2) is 11.1 Å². The standard InChI is InChI=1S/C4H3ClF4O/c1-10-4(8,9)2(5)3(6)7/h1H3. The molecule has 0 amide bonds. The van der Waals surface area contributed by atoms with Gasteiger partial charge in [-0.15, -0.1) is 0 Å². The van der Waals surface area contributed by atoms with Gasteiger partial charge in [-0.25, -0.2) is 0 Å². The number of alkyl halides is 2. The van der Waals surface area contributed by atoms with Gasteiger partial charge in [-0.05, 0) is 0 Å². The highest BCUT2D eigenvalue weighted by atomic mass is 35.5. The summed E-state index contributed by atoms with van der Waals surface area (Å²) >= 11 is 4.46. The summed E-state index contributed by atoms with van der Waals surface area (Å²) in [6.07, 6.45) is -6.73. The van der Waals surface area contributed by atoms with Crippen molar-refractivity contribution in [2.75, 3.05) is 7.11 Å². The Hall–Kier alpha value is -0.290. The van der Waals surface area contributed by atoms with Crippen molar-refractivity contribution in [2.24, 2.45) is 0 Å². The monoisotopic (exact) mass is 178 g/mol. The van der Waals surface area contributed by atoms with E-state index in [0.29, 0.717) is 7.11 Å². The second kappa shape index (κ2) is 3.21. The van der Waals surface area contributed by atoms with E-state index in [4.69, 9.17) is 0 Å². The lowest BCUT2D eigenvalue weighted by Crippen LogP contribution is -2.19. The Morgan fingerprint density at radius 1 is 1.40 bits per heavy atom. The Morgan fingerprint density at radius 2 is 1.80 bits per heavy atom. The quantitative estimate of drug-likeness (QED) is 0.591. The van der Waals surface area contributed by atoms with Crippen LogP contribution in [0.3, 0.4) is 0 Å². The van der Waals surface area contributed by atoms with Gasteiger partial charge >= 0.3 is 6.11 Å². The van der Waals surface area contributed by atoms with Crippen molar-refractivity contribution < 1.29 is 22.3 Å². The van der Waals surface area contributed by atoms with Gasteiger partial charge in [0.25, 0.3) is 6.08 Å². The van der Waals surface area contributed by atoms with E-state index in [-0.39, 0.29) is 0 Å². The van der Waals surface area contributed by atoms with E-state index in [0.717, 1.165) is 0 Å². The van der Waals surface area contributed by atoms with Gasteiger partial charge < -0.3 is 4.74 Å². The van der Waals surface area contributed by atoms with Gasteiger partial charge in [-0.3, -0.25) is 0 Å². The lowest BCUT2D eigenvalue weighted by Gasteiger charge is -2.10. The number of methoxy groups -OCH3 is 1. The van der Waals surface area contributed by atoms with Crippen molar-refractivity contribution in [3.63, 3.8) is 0 Å². The van der Waals surface area contributed by atoms with Crippen LogP contribution in [-0.4, -0.2) is 13.2 Å². The van der Waals surface area contributed by atoms with Crippen molar-refractivity contribution in [3.05, 3.63) is 11.1 Å². The molecule has 0 heterocycles. The van der Waals surface area contributed by atoms with Crippen molar-refractivity contribution in [1.82, 2.24) is 0 Å². The SMILES string of the molecule is COC(F)(F)C(Cl)=C(F)F. The molecule has 0 aliphatic carbocycles. The number of halogens is 5. The smallest absolute Gasteiger partial charge is 0.319 e.